The van der Waals surface area contributed by atoms with Gasteiger partial charge in [0.1, 0.15) is 0 Å². The number of hydrazone groups is 1. The van der Waals surface area contributed by atoms with E-state index in [1.807, 2.05) is 36.5 Å². The molecule has 0 atom stereocenters. The number of benzene rings is 4. The Labute approximate surface area is 165 Å². The van der Waals surface area contributed by atoms with Crippen molar-refractivity contribution < 1.29 is 0 Å². The zero-order valence-corrected chi connectivity index (χ0v) is 15.4. The number of nitrogens with one attached hydrogen (secondary N) is 1. The highest BCUT2D eigenvalue weighted by atomic mass is 15.3. The lowest BCUT2D eigenvalue weighted by Gasteiger charge is -2.17. The van der Waals surface area contributed by atoms with Gasteiger partial charge in [-0.1, -0.05) is 91.0 Å². The summed E-state index contributed by atoms with van der Waals surface area (Å²) >= 11 is 0. The van der Waals surface area contributed by atoms with E-state index < -0.39 is 0 Å². The summed E-state index contributed by atoms with van der Waals surface area (Å²) in [4.78, 5) is 0. The Bertz CT molecular complexity index is 1100. The van der Waals surface area contributed by atoms with Crippen molar-refractivity contribution in [3.05, 3.63) is 125 Å². The smallest absolute Gasteiger partial charge is 0.0561 e. The molecule has 134 valence electrons. The highest BCUT2D eigenvalue weighted by Crippen LogP contribution is 2.48. The second-order valence-electron chi connectivity index (χ2n) is 6.97. The van der Waals surface area contributed by atoms with Crippen molar-refractivity contribution >= 4 is 11.9 Å². The van der Waals surface area contributed by atoms with E-state index in [0.29, 0.717) is 0 Å². The maximum atomic E-state index is 4.48. The lowest BCUT2D eigenvalue weighted by molar-refractivity contribution is 1.01. The highest BCUT2D eigenvalue weighted by molar-refractivity contribution is 5.87. The molecule has 0 aliphatic heterocycles. The van der Waals surface area contributed by atoms with Gasteiger partial charge in [-0.05, 0) is 45.5 Å². The highest BCUT2D eigenvalue weighted by Gasteiger charge is 2.30. The van der Waals surface area contributed by atoms with Gasteiger partial charge in [-0.3, -0.25) is 5.43 Å². The molecule has 2 nitrogen and oxygen atoms in total. The van der Waals surface area contributed by atoms with Crippen LogP contribution in [0.25, 0.3) is 11.1 Å². The first kappa shape index (κ1) is 16.5. The first-order chi connectivity index (χ1) is 13.9. The summed E-state index contributed by atoms with van der Waals surface area (Å²) in [5.41, 5.74) is 11.9. The van der Waals surface area contributed by atoms with Crippen molar-refractivity contribution in [3.8, 4) is 11.1 Å². The van der Waals surface area contributed by atoms with Crippen LogP contribution in [0.5, 0.6) is 0 Å². The first-order valence-electron chi connectivity index (χ1n) is 9.53. The Balaban J connectivity index is 1.56. The van der Waals surface area contributed by atoms with Crippen molar-refractivity contribution in [3.63, 3.8) is 0 Å². The minimum Gasteiger partial charge on any atom is -0.279 e. The van der Waals surface area contributed by atoms with Gasteiger partial charge in [-0.25, -0.2) is 0 Å². The van der Waals surface area contributed by atoms with Crippen LogP contribution in [-0.4, -0.2) is 6.21 Å². The monoisotopic (exact) mass is 360 g/mol. The lowest BCUT2D eigenvalue weighted by Crippen LogP contribution is -2.04. The van der Waals surface area contributed by atoms with E-state index in [1.165, 1.54) is 27.8 Å². The molecule has 4 aromatic rings. The normalized spacial score (nSPS) is 12.7. The van der Waals surface area contributed by atoms with E-state index in [1.54, 1.807) is 0 Å². The first-order valence-corrected chi connectivity index (χ1v) is 9.53. The van der Waals surface area contributed by atoms with Gasteiger partial charge in [0, 0.05) is 5.92 Å². The molecule has 1 aliphatic carbocycles. The van der Waals surface area contributed by atoms with Crippen LogP contribution in [0.4, 0.5) is 5.69 Å². The third-order valence-corrected chi connectivity index (χ3v) is 5.31. The van der Waals surface area contributed by atoms with Gasteiger partial charge in [0.05, 0.1) is 11.9 Å². The van der Waals surface area contributed by atoms with Gasteiger partial charge in [-0.15, -0.1) is 0 Å². The van der Waals surface area contributed by atoms with Crippen molar-refractivity contribution in [2.75, 3.05) is 5.43 Å². The lowest BCUT2D eigenvalue weighted by atomic mass is 9.87. The summed E-state index contributed by atoms with van der Waals surface area (Å²) in [6, 6.07) is 36.0. The van der Waals surface area contributed by atoms with E-state index in [-0.39, 0.29) is 5.92 Å². The van der Waals surface area contributed by atoms with E-state index in [4.69, 9.17) is 0 Å². The van der Waals surface area contributed by atoms with Crippen LogP contribution < -0.4 is 5.43 Å². The summed E-state index contributed by atoms with van der Waals surface area (Å²) in [6.07, 6.45) is 1.92. The Morgan fingerprint density at radius 3 is 1.79 bits per heavy atom. The molecule has 0 saturated carbocycles. The van der Waals surface area contributed by atoms with Gasteiger partial charge >= 0.3 is 0 Å². The fourth-order valence-corrected chi connectivity index (χ4v) is 4.07. The van der Waals surface area contributed by atoms with Crippen LogP contribution in [0, 0.1) is 0 Å². The van der Waals surface area contributed by atoms with Gasteiger partial charge < -0.3 is 0 Å². The quantitative estimate of drug-likeness (QED) is 0.295. The molecule has 0 fully saturated rings. The summed E-state index contributed by atoms with van der Waals surface area (Å²) in [7, 11) is 0. The van der Waals surface area contributed by atoms with E-state index >= 15 is 0 Å². The third-order valence-electron chi connectivity index (χ3n) is 5.31. The number of nitrogens with zero attached hydrogens (tertiary/aromatic N) is 1. The molecule has 1 N–H and O–H groups in total. The number of rotatable bonds is 4. The second-order valence-corrected chi connectivity index (χ2v) is 6.97. The summed E-state index contributed by atoms with van der Waals surface area (Å²) in [5, 5.41) is 4.48. The molecule has 0 unspecified atom stereocenters. The minimum atomic E-state index is 0.228. The summed E-state index contributed by atoms with van der Waals surface area (Å²) in [5.74, 6) is 0.228. The van der Waals surface area contributed by atoms with Crippen LogP contribution in [-0.2, 0) is 0 Å². The molecule has 0 saturated heterocycles. The molecular formula is C26H20N2. The fraction of sp³-hybridized carbons (Fsp3) is 0.0385. The maximum absolute atomic E-state index is 4.48. The Hall–Kier alpha value is -3.65. The molecule has 28 heavy (non-hydrogen) atoms. The number of fused-ring (bicyclic) bond motifs is 3. The second kappa shape index (κ2) is 7.16. The van der Waals surface area contributed by atoms with E-state index in [9.17, 15) is 0 Å². The predicted molar refractivity (Wildman–Crippen MR) is 117 cm³/mol. The Kier molecular flexibility index (Phi) is 4.23. The maximum Gasteiger partial charge on any atom is 0.0561 e. The van der Waals surface area contributed by atoms with Crippen molar-refractivity contribution in [2.24, 2.45) is 5.10 Å². The molecule has 0 spiro atoms. The molecule has 0 aromatic heterocycles. The molecular weight excluding hydrogens is 340 g/mol. The molecule has 4 aromatic carbocycles. The number of hydrogen-bond donors (Lipinski definition) is 1. The summed E-state index contributed by atoms with van der Waals surface area (Å²) in [6.45, 7) is 0. The van der Waals surface area contributed by atoms with Crippen molar-refractivity contribution in [1.29, 1.82) is 0 Å². The Morgan fingerprint density at radius 1 is 0.571 bits per heavy atom. The predicted octanol–water partition coefficient (Wildman–Crippen LogP) is 6.29. The van der Waals surface area contributed by atoms with Gasteiger partial charge in [0.2, 0.25) is 0 Å². The third kappa shape index (κ3) is 2.89. The van der Waals surface area contributed by atoms with E-state index in [2.05, 4.69) is 83.3 Å². The van der Waals surface area contributed by atoms with Crippen molar-refractivity contribution in [2.45, 2.75) is 5.92 Å². The number of anilines is 1. The average Bonchev–Trinajstić information content (AvgIpc) is 3.09. The average molecular weight is 360 g/mol. The SMILES string of the molecule is C(=NNc1ccccc1)c1ccccc1C1c2ccccc2-c2ccccc21. The largest absolute Gasteiger partial charge is 0.279 e. The number of hydrogen-bond acceptors (Lipinski definition) is 2. The standard InChI is InChI=1S/C26H20N2/c1-2-11-20(12-3-1)28-27-18-19-10-4-5-13-21(19)26-24-16-8-6-14-22(24)23-15-7-9-17-25(23)26/h1-18,26,28H. The van der Waals surface area contributed by atoms with Gasteiger partial charge in [0.15, 0.2) is 0 Å². The molecule has 0 heterocycles. The molecule has 1 aliphatic rings. The zero-order valence-electron chi connectivity index (χ0n) is 15.4. The molecule has 2 heteroatoms. The van der Waals surface area contributed by atoms with Gasteiger partial charge in [0.25, 0.3) is 0 Å². The molecule has 0 bridgehead atoms. The zero-order chi connectivity index (χ0) is 18.8. The van der Waals surface area contributed by atoms with Crippen LogP contribution in [0.1, 0.15) is 28.2 Å². The number of para-hydroxylation sites is 1. The molecule has 0 radical (unpaired) electrons. The van der Waals surface area contributed by atoms with Crippen LogP contribution >= 0.6 is 0 Å². The molecule has 0 amide bonds. The van der Waals surface area contributed by atoms with Crippen molar-refractivity contribution in [1.82, 2.24) is 0 Å². The Morgan fingerprint density at radius 2 is 1.11 bits per heavy atom. The molecule has 5 rings (SSSR count). The van der Waals surface area contributed by atoms with Crippen LogP contribution in [0.15, 0.2) is 108 Å². The van der Waals surface area contributed by atoms with Gasteiger partial charge in [-0.2, -0.15) is 5.10 Å². The minimum absolute atomic E-state index is 0.228. The summed E-state index contributed by atoms with van der Waals surface area (Å²) < 4.78 is 0. The fourth-order valence-electron chi connectivity index (χ4n) is 4.07. The topological polar surface area (TPSA) is 24.4 Å². The van der Waals surface area contributed by atoms with E-state index in [0.717, 1.165) is 11.3 Å². The van der Waals surface area contributed by atoms with Crippen LogP contribution in [0.3, 0.4) is 0 Å². The van der Waals surface area contributed by atoms with Crippen LogP contribution in [0.2, 0.25) is 0 Å².